The Morgan fingerprint density at radius 2 is 2.04 bits per heavy atom. The number of aromatic amines is 1. The molecule has 0 bridgehead atoms. The molecule has 1 aliphatic carbocycles. The van der Waals surface area contributed by atoms with Crippen molar-refractivity contribution in [2.24, 2.45) is 5.92 Å². The molecule has 1 fully saturated rings. The zero-order valence-corrected chi connectivity index (χ0v) is 17.0. The molecule has 6 nitrogen and oxygen atoms in total. The summed E-state index contributed by atoms with van der Waals surface area (Å²) in [5.74, 6) is 2.26. The number of fused-ring (bicyclic) bond motifs is 1. The molecule has 4 rings (SSSR count). The van der Waals surface area contributed by atoms with Gasteiger partial charge in [0.1, 0.15) is 11.3 Å². The van der Waals surface area contributed by atoms with E-state index in [4.69, 9.17) is 9.47 Å². The van der Waals surface area contributed by atoms with Gasteiger partial charge in [-0.3, -0.25) is 9.36 Å². The normalized spacial score (nSPS) is 14.1. The second-order valence-electron chi connectivity index (χ2n) is 7.29. The fourth-order valence-corrected chi connectivity index (χ4v) is 3.75. The zero-order valence-electron chi connectivity index (χ0n) is 16.2. The van der Waals surface area contributed by atoms with Gasteiger partial charge in [-0.2, -0.15) is 0 Å². The Hall–Kier alpha value is -2.25. The van der Waals surface area contributed by atoms with Crippen LogP contribution in [0, 0.1) is 5.92 Å². The van der Waals surface area contributed by atoms with E-state index in [1.807, 2.05) is 44.2 Å². The summed E-state index contributed by atoms with van der Waals surface area (Å²) in [6.45, 7) is 5.40. The second kappa shape index (κ2) is 8.41. The topological polar surface area (TPSA) is 69.1 Å². The summed E-state index contributed by atoms with van der Waals surface area (Å²) in [4.78, 5) is 20.8. The van der Waals surface area contributed by atoms with Crippen molar-refractivity contribution in [2.75, 3.05) is 19.0 Å². The lowest BCUT2D eigenvalue weighted by Crippen LogP contribution is -2.22. The third-order valence-electron chi connectivity index (χ3n) is 4.59. The maximum absolute atomic E-state index is 13.1. The summed E-state index contributed by atoms with van der Waals surface area (Å²) in [5, 5.41) is 0.663. The van der Waals surface area contributed by atoms with Gasteiger partial charge >= 0.3 is 0 Å². The standard InChI is InChI=1S/C21H25N3O3S/c1-14(2)26-11-12-28-21-23-18-9-10-22-19(18)20(25)24(21)16-5-7-17(8-6-16)27-13-15-3-4-15/h5-10,14-15,22H,3-4,11-13H2,1-2H3. The van der Waals surface area contributed by atoms with Crippen LogP contribution in [0.2, 0.25) is 0 Å². The molecular weight excluding hydrogens is 374 g/mol. The van der Waals surface area contributed by atoms with Crippen LogP contribution < -0.4 is 10.3 Å². The number of aromatic nitrogens is 3. The van der Waals surface area contributed by atoms with Crippen LogP contribution in [0.4, 0.5) is 0 Å². The van der Waals surface area contributed by atoms with Crippen molar-refractivity contribution in [3.05, 3.63) is 46.9 Å². The monoisotopic (exact) mass is 399 g/mol. The van der Waals surface area contributed by atoms with Crippen molar-refractivity contribution in [3.8, 4) is 11.4 Å². The Balaban J connectivity index is 1.60. The van der Waals surface area contributed by atoms with Crippen LogP contribution in [0.5, 0.6) is 5.75 Å². The van der Waals surface area contributed by atoms with Gasteiger partial charge in [0.05, 0.1) is 30.5 Å². The van der Waals surface area contributed by atoms with Crippen molar-refractivity contribution in [1.82, 2.24) is 14.5 Å². The molecular formula is C21H25N3O3S. The Bertz CT molecular complexity index is 990. The van der Waals surface area contributed by atoms with Gasteiger partial charge in [0.25, 0.3) is 5.56 Å². The van der Waals surface area contributed by atoms with Crippen LogP contribution in [0.3, 0.4) is 0 Å². The van der Waals surface area contributed by atoms with Gasteiger partial charge in [0.2, 0.25) is 0 Å². The van der Waals surface area contributed by atoms with Gasteiger partial charge in [-0.15, -0.1) is 0 Å². The van der Waals surface area contributed by atoms with E-state index in [0.29, 0.717) is 28.7 Å². The van der Waals surface area contributed by atoms with Crippen LogP contribution in [0.15, 0.2) is 46.5 Å². The summed E-state index contributed by atoms with van der Waals surface area (Å²) >= 11 is 1.52. The molecule has 148 valence electrons. The summed E-state index contributed by atoms with van der Waals surface area (Å²) < 4.78 is 13.1. The first-order valence-corrected chi connectivity index (χ1v) is 10.7. The molecule has 0 aliphatic heterocycles. The molecule has 0 saturated heterocycles. The highest BCUT2D eigenvalue weighted by atomic mass is 32.2. The third-order valence-corrected chi connectivity index (χ3v) is 5.50. The largest absolute Gasteiger partial charge is 0.493 e. The lowest BCUT2D eigenvalue weighted by Gasteiger charge is -2.13. The highest BCUT2D eigenvalue weighted by molar-refractivity contribution is 7.99. The Kier molecular flexibility index (Phi) is 5.73. The number of nitrogens with zero attached hydrogens (tertiary/aromatic N) is 2. The van der Waals surface area contributed by atoms with E-state index < -0.39 is 0 Å². The first-order valence-electron chi connectivity index (χ1n) is 9.69. The van der Waals surface area contributed by atoms with E-state index in [2.05, 4.69) is 9.97 Å². The smallest absolute Gasteiger partial charge is 0.283 e. The fraction of sp³-hybridized carbons (Fsp3) is 0.429. The van der Waals surface area contributed by atoms with Crippen molar-refractivity contribution in [2.45, 2.75) is 37.9 Å². The summed E-state index contributed by atoms with van der Waals surface area (Å²) in [7, 11) is 0. The Morgan fingerprint density at radius 3 is 2.75 bits per heavy atom. The van der Waals surface area contributed by atoms with Crippen LogP contribution in [-0.4, -0.2) is 39.6 Å². The molecule has 0 radical (unpaired) electrons. The molecule has 2 aromatic heterocycles. The quantitative estimate of drug-likeness (QED) is 0.334. The molecule has 1 N–H and O–H groups in total. The molecule has 0 atom stereocenters. The number of rotatable bonds is 9. The molecule has 0 amide bonds. The highest BCUT2D eigenvalue weighted by Crippen LogP contribution is 2.30. The van der Waals surface area contributed by atoms with E-state index in [-0.39, 0.29) is 11.7 Å². The number of benzene rings is 1. The van der Waals surface area contributed by atoms with Crippen molar-refractivity contribution >= 4 is 22.8 Å². The Morgan fingerprint density at radius 1 is 1.25 bits per heavy atom. The molecule has 1 aliphatic rings. The predicted molar refractivity (Wildman–Crippen MR) is 112 cm³/mol. The van der Waals surface area contributed by atoms with Crippen molar-refractivity contribution in [3.63, 3.8) is 0 Å². The number of hydrogen-bond donors (Lipinski definition) is 1. The average molecular weight is 400 g/mol. The molecule has 0 spiro atoms. The van der Waals surface area contributed by atoms with Crippen molar-refractivity contribution < 1.29 is 9.47 Å². The lowest BCUT2D eigenvalue weighted by molar-refractivity contribution is 0.0920. The molecule has 2 heterocycles. The van der Waals surface area contributed by atoms with Crippen LogP contribution >= 0.6 is 11.8 Å². The van der Waals surface area contributed by atoms with E-state index in [9.17, 15) is 4.79 Å². The number of thioether (sulfide) groups is 1. The van der Waals surface area contributed by atoms with Gasteiger partial charge < -0.3 is 14.5 Å². The van der Waals surface area contributed by atoms with Crippen molar-refractivity contribution in [1.29, 1.82) is 0 Å². The first-order chi connectivity index (χ1) is 13.6. The van der Waals surface area contributed by atoms with Gasteiger partial charge in [0, 0.05) is 11.9 Å². The lowest BCUT2D eigenvalue weighted by atomic mass is 10.3. The average Bonchev–Trinajstić information content (AvgIpc) is 3.39. The maximum atomic E-state index is 13.1. The highest BCUT2D eigenvalue weighted by Gasteiger charge is 2.22. The Labute approximate surface area is 168 Å². The summed E-state index contributed by atoms with van der Waals surface area (Å²) in [5.41, 5.74) is 1.86. The molecule has 7 heteroatoms. The van der Waals surface area contributed by atoms with Crippen LogP contribution in [-0.2, 0) is 4.74 Å². The van der Waals surface area contributed by atoms with E-state index in [1.165, 1.54) is 24.6 Å². The van der Waals surface area contributed by atoms with E-state index >= 15 is 0 Å². The number of hydrogen-bond acceptors (Lipinski definition) is 5. The molecule has 1 saturated carbocycles. The van der Waals surface area contributed by atoms with Gasteiger partial charge in [-0.25, -0.2) is 4.98 Å². The number of ether oxygens (including phenoxy) is 2. The van der Waals surface area contributed by atoms with E-state index in [0.717, 1.165) is 23.8 Å². The minimum atomic E-state index is -0.103. The maximum Gasteiger partial charge on any atom is 0.283 e. The van der Waals surface area contributed by atoms with E-state index in [1.54, 1.807) is 10.8 Å². The number of H-pyrrole nitrogens is 1. The van der Waals surface area contributed by atoms with Gasteiger partial charge in [0.15, 0.2) is 5.16 Å². The SMILES string of the molecule is CC(C)OCCSc1nc2cc[nH]c2c(=O)n1-c1ccc(OCC2CC2)cc1. The van der Waals surface area contributed by atoms with Crippen LogP contribution in [0.1, 0.15) is 26.7 Å². The van der Waals surface area contributed by atoms with Crippen LogP contribution in [0.25, 0.3) is 16.7 Å². The molecule has 1 aromatic carbocycles. The first kappa shape index (κ1) is 19.1. The van der Waals surface area contributed by atoms with Gasteiger partial charge in [-0.1, -0.05) is 11.8 Å². The number of nitrogens with one attached hydrogen (secondary N) is 1. The minimum Gasteiger partial charge on any atom is -0.493 e. The molecule has 3 aromatic rings. The third kappa shape index (κ3) is 4.42. The summed E-state index contributed by atoms with van der Waals surface area (Å²) in [6, 6.07) is 9.48. The van der Waals surface area contributed by atoms with Gasteiger partial charge in [-0.05, 0) is 62.9 Å². The predicted octanol–water partition coefficient (Wildman–Crippen LogP) is 4.02. The zero-order chi connectivity index (χ0) is 19.5. The molecule has 0 unspecified atom stereocenters. The minimum absolute atomic E-state index is 0.103. The molecule has 28 heavy (non-hydrogen) atoms. The fourth-order valence-electron chi connectivity index (χ4n) is 2.91. The summed E-state index contributed by atoms with van der Waals surface area (Å²) in [6.07, 6.45) is 4.45. The second-order valence-corrected chi connectivity index (χ2v) is 8.35.